The molecule has 0 unspecified atom stereocenters. The van der Waals surface area contributed by atoms with Crippen LogP contribution in [-0.4, -0.2) is 48.7 Å². The largest absolute Gasteiger partial charge is 0.393 e. The van der Waals surface area contributed by atoms with Crippen LogP contribution in [0.5, 0.6) is 0 Å². The molecule has 5 heteroatoms. The Labute approximate surface area is 95.6 Å². The standard InChI is InChI=1S/C11H20O5/c1-5-11(6-12)8(13-4)7-9(16-11)15-10(2,3)14-7/h7-9,12H,5-6H2,1-4H3/t7-,8-,9+,11+/m1/s1. The Morgan fingerprint density at radius 2 is 1.94 bits per heavy atom. The molecule has 0 radical (unpaired) electrons. The van der Waals surface area contributed by atoms with Gasteiger partial charge in [-0.15, -0.1) is 0 Å². The topological polar surface area (TPSA) is 57.2 Å². The fourth-order valence-electron chi connectivity index (χ4n) is 2.52. The molecule has 0 aromatic rings. The van der Waals surface area contributed by atoms with Gasteiger partial charge in [0.25, 0.3) is 0 Å². The molecular formula is C11H20O5. The zero-order valence-corrected chi connectivity index (χ0v) is 10.2. The quantitative estimate of drug-likeness (QED) is 0.774. The molecule has 0 amide bonds. The van der Waals surface area contributed by atoms with Gasteiger partial charge in [0.15, 0.2) is 12.1 Å². The fourth-order valence-corrected chi connectivity index (χ4v) is 2.52. The highest BCUT2D eigenvalue weighted by Gasteiger charge is 2.61. The average Bonchev–Trinajstić information content (AvgIpc) is 2.66. The summed E-state index contributed by atoms with van der Waals surface area (Å²) in [7, 11) is 1.60. The maximum absolute atomic E-state index is 9.49. The summed E-state index contributed by atoms with van der Waals surface area (Å²) in [6.07, 6.45) is -0.365. The molecule has 2 aliphatic heterocycles. The van der Waals surface area contributed by atoms with E-state index in [0.717, 1.165) is 0 Å². The Hall–Kier alpha value is -0.200. The highest BCUT2D eigenvalue weighted by molar-refractivity contribution is 5.03. The molecule has 2 heterocycles. The molecule has 0 aromatic heterocycles. The van der Waals surface area contributed by atoms with Gasteiger partial charge >= 0.3 is 0 Å². The first-order valence-corrected chi connectivity index (χ1v) is 5.65. The Morgan fingerprint density at radius 3 is 2.44 bits per heavy atom. The van der Waals surface area contributed by atoms with Crippen LogP contribution in [0.1, 0.15) is 27.2 Å². The maximum Gasteiger partial charge on any atom is 0.190 e. The van der Waals surface area contributed by atoms with Crippen molar-refractivity contribution in [3.8, 4) is 0 Å². The molecule has 0 spiro atoms. The summed E-state index contributed by atoms with van der Waals surface area (Å²) in [4.78, 5) is 0. The summed E-state index contributed by atoms with van der Waals surface area (Å²) in [6, 6.07) is 0. The fraction of sp³-hybridized carbons (Fsp3) is 1.00. The minimum absolute atomic E-state index is 0.0951. The van der Waals surface area contributed by atoms with Gasteiger partial charge in [0.2, 0.25) is 0 Å². The van der Waals surface area contributed by atoms with Crippen LogP contribution in [-0.2, 0) is 18.9 Å². The summed E-state index contributed by atoms with van der Waals surface area (Å²) in [5, 5.41) is 9.49. The zero-order chi connectivity index (χ0) is 12.0. The van der Waals surface area contributed by atoms with E-state index in [1.165, 1.54) is 0 Å². The first-order valence-electron chi connectivity index (χ1n) is 5.65. The van der Waals surface area contributed by atoms with E-state index in [4.69, 9.17) is 18.9 Å². The van der Waals surface area contributed by atoms with Crippen molar-refractivity contribution >= 4 is 0 Å². The molecule has 2 fully saturated rings. The Bertz CT molecular complexity index is 261. The Balaban J connectivity index is 2.21. The lowest BCUT2D eigenvalue weighted by Crippen LogP contribution is -2.48. The third-order valence-corrected chi connectivity index (χ3v) is 3.38. The lowest BCUT2D eigenvalue weighted by atomic mass is 9.93. The molecule has 0 aliphatic carbocycles. The van der Waals surface area contributed by atoms with Crippen molar-refractivity contribution in [2.24, 2.45) is 0 Å². The molecule has 0 aromatic carbocycles. The van der Waals surface area contributed by atoms with Crippen LogP contribution in [0.2, 0.25) is 0 Å². The molecule has 5 nitrogen and oxygen atoms in total. The van der Waals surface area contributed by atoms with Crippen molar-refractivity contribution in [2.45, 2.75) is 57.1 Å². The van der Waals surface area contributed by atoms with E-state index < -0.39 is 17.7 Å². The van der Waals surface area contributed by atoms with Gasteiger partial charge in [0, 0.05) is 7.11 Å². The first kappa shape index (κ1) is 12.3. The van der Waals surface area contributed by atoms with Crippen molar-refractivity contribution in [1.29, 1.82) is 0 Å². The predicted octanol–water partition coefficient (Wildman–Crippen LogP) is 0.650. The molecule has 4 atom stereocenters. The second kappa shape index (κ2) is 3.92. The molecule has 2 aliphatic rings. The van der Waals surface area contributed by atoms with Crippen molar-refractivity contribution in [3.05, 3.63) is 0 Å². The van der Waals surface area contributed by atoms with Crippen LogP contribution in [0.3, 0.4) is 0 Å². The van der Waals surface area contributed by atoms with Crippen LogP contribution in [0.4, 0.5) is 0 Å². The number of fused-ring (bicyclic) bond motifs is 1. The summed E-state index contributed by atoms with van der Waals surface area (Å²) >= 11 is 0. The molecule has 2 saturated heterocycles. The van der Waals surface area contributed by atoms with Crippen molar-refractivity contribution < 1.29 is 24.1 Å². The normalized spacial score (nSPS) is 45.9. The number of hydrogen-bond acceptors (Lipinski definition) is 5. The van der Waals surface area contributed by atoms with E-state index in [2.05, 4.69) is 0 Å². The molecule has 0 saturated carbocycles. The smallest absolute Gasteiger partial charge is 0.190 e. The second-order valence-corrected chi connectivity index (χ2v) is 4.82. The van der Waals surface area contributed by atoms with Crippen LogP contribution >= 0.6 is 0 Å². The molecule has 0 bridgehead atoms. The van der Waals surface area contributed by atoms with Gasteiger partial charge in [0.05, 0.1) is 6.61 Å². The molecule has 16 heavy (non-hydrogen) atoms. The lowest BCUT2D eigenvalue weighted by molar-refractivity contribution is -0.248. The number of aliphatic hydroxyl groups is 1. The number of ether oxygens (including phenoxy) is 4. The Morgan fingerprint density at radius 1 is 1.25 bits per heavy atom. The molecule has 1 N–H and O–H groups in total. The summed E-state index contributed by atoms with van der Waals surface area (Å²) < 4.78 is 22.6. The third kappa shape index (κ3) is 1.67. The van der Waals surface area contributed by atoms with Gasteiger partial charge < -0.3 is 24.1 Å². The van der Waals surface area contributed by atoms with Gasteiger partial charge in [-0.05, 0) is 20.3 Å². The molecule has 94 valence electrons. The average molecular weight is 232 g/mol. The third-order valence-electron chi connectivity index (χ3n) is 3.38. The van der Waals surface area contributed by atoms with Gasteiger partial charge in [-0.1, -0.05) is 6.92 Å². The summed E-state index contributed by atoms with van der Waals surface area (Å²) in [5.74, 6) is -0.651. The van der Waals surface area contributed by atoms with Crippen LogP contribution in [0.25, 0.3) is 0 Å². The van der Waals surface area contributed by atoms with Crippen LogP contribution in [0.15, 0.2) is 0 Å². The van der Waals surface area contributed by atoms with Gasteiger partial charge in [-0.2, -0.15) is 0 Å². The van der Waals surface area contributed by atoms with E-state index in [9.17, 15) is 5.11 Å². The van der Waals surface area contributed by atoms with E-state index >= 15 is 0 Å². The van der Waals surface area contributed by atoms with E-state index in [0.29, 0.717) is 6.42 Å². The lowest BCUT2D eigenvalue weighted by Gasteiger charge is -2.33. The van der Waals surface area contributed by atoms with Crippen LogP contribution in [0, 0.1) is 0 Å². The minimum Gasteiger partial charge on any atom is -0.393 e. The number of hydrogen-bond donors (Lipinski definition) is 1. The zero-order valence-electron chi connectivity index (χ0n) is 10.2. The van der Waals surface area contributed by atoms with Crippen LogP contribution < -0.4 is 0 Å². The number of aliphatic hydroxyl groups excluding tert-OH is 1. The summed E-state index contributed by atoms with van der Waals surface area (Å²) in [5.41, 5.74) is -0.708. The van der Waals surface area contributed by atoms with Crippen molar-refractivity contribution in [1.82, 2.24) is 0 Å². The van der Waals surface area contributed by atoms with E-state index in [1.807, 2.05) is 20.8 Å². The maximum atomic E-state index is 9.49. The van der Waals surface area contributed by atoms with Crippen molar-refractivity contribution in [3.63, 3.8) is 0 Å². The second-order valence-electron chi connectivity index (χ2n) is 4.82. The minimum atomic E-state index is -0.708. The highest BCUT2D eigenvalue weighted by atomic mass is 16.8. The SMILES string of the molecule is CC[C@@]1(CO)O[C@@H]2OC(C)(C)O[C@@H]2[C@H]1OC. The van der Waals surface area contributed by atoms with Gasteiger partial charge in [0.1, 0.15) is 17.8 Å². The number of rotatable bonds is 3. The van der Waals surface area contributed by atoms with Gasteiger partial charge in [-0.3, -0.25) is 0 Å². The van der Waals surface area contributed by atoms with Crippen molar-refractivity contribution in [2.75, 3.05) is 13.7 Å². The van der Waals surface area contributed by atoms with E-state index in [1.54, 1.807) is 7.11 Å². The van der Waals surface area contributed by atoms with Gasteiger partial charge in [-0.25, -0.2) is 0 Å². The number of methoxy groups -OCH3 is 1. The monoisotopic (exact) mass is 232 g/mol. The first-order chi connectivity index (χ1) is 7.48. The molecule has 2 rings (SSSR count). The highest BCUT2D eigenvalue weighted by Crippen LogP contribution is 2.44. The predicted molar refractivity (Wildman–Crippen MR) is 55.8 cm³/mol. The van der Waals surface area contributed by atoms with E-state index in [-0.39, 0.29) is 18.8 Å². The summed E-state index contributed by atoms with van der Waals surface area (Å²) in [6.45, 7) is 5.54. The molecular weight excluding hydrogens is 212 g/mol. The Kier molecular flexibility index (Phi) is 3.01.